The highest BCUT2D eigenvalue weighted by molar-refractivity contribution is 9.10. The number of aliphatic carboxylic acids is 1. The topological polar surface area (TPSA) is 69.6 Å². The van der Waals surface area contributed by atoms with E-state index in [0.717, 1.165) is 16.5 Å². The lowest BCUT2D eigenvalue weighted by atomic mass is 9.85. The lowest BCUT2D eigenvalue weighted by molar-refractivity contribution is -0.143. The van der Waals surface area contributed by atoms with E-state index in [1.807, 2.05) is 24.3 Å². The molecule has 0 bridgehead atoms. The number of carboxylic acid groups (broad SMARTS) is 1. The fourth-order valence-electron chi connectivity index (χ4n) is 2.77. The molecule has 1 heterocycles. The maximum atomic E-state index is 12.3. The van der Waals surface area contributed by atoms with E-state index in [0.29, 0.717) is 26.1 Å². The van der Waals surface area contributed by atoms with Gasteiger partial charge in [0, 0.05) is 29.5 Å². The quantitative estimate of drug-likeness (QED) is 0.839. The SMILES string of the molecule is CC(C)(CNC(=O)N1CCCC(C(=O)O)C1)c1ccc(Br)cc1. The minimum Gasteiger partial charge on any atom is -0.481 e. The summed E-state index contributed by atoms with van der Waals surface area (Å²) in [6, 6.07) is 7.87. The third-order valence-corrected chi connectivity index (χ3v) is 4.89. The van der Waals surface area contributed by atoms with Crippen molar-refractivity contribution in [3.63, 3.8) is 0 Å². The molecule has 1 saturated heterocycles. The van der Waals surface area contributed by atoms with E-state index in [2.05, 4.69) is 35.1 Å². The molecule has 0 saturated carbocycles. The van der Waals surface area contributed by atoms with E-state index in [1.165, 1.54) is 0 Å². The molecule has 126 valence electrons. The fraction of sp³-hybridized carbons (Fsp3) is 0.529. The van der Waals surface area contributed by atoms with Gasteiger partial charge >= 0.3 is 12.0 Å². The van der Waals surface area contributed by atoms with Gasteiger partial charge < -0.3 is 15.3 Å². The van der Waals surface area contributed by atoms with Crippen LogP contribution in [-0.2, 0) is 10.2 Å². The highest BCUT2D eigenvalue weighted by atomic mass is 79.9. The van der Waals surface area contributed by atoms with Crippen molar-refractivity contribution in [3.05, 3.63) is 34.3 Å². The molecule has 2 N–H and O–H groups in total. The third-order valence-electron chi connectivity index (χ3n) is 4.37. The normalized spacial score (nSPS) is 18.6. The molecule has 1 atom stereocenters. The van der Waals surface area contributed by atoms with E-state index in [4.69, 9.17) is 5.11 Å². The van der Waals surface area contributed by atoms with Crippen LogP contribution < -0.4 is 5.32 Å². The number of amides is 2. The number of hydrogen-bond donors (Lipinski definition) is 2. The Morgan fingerprint density at radius 1 is 1.35 bits per heavy atom. The average Bonchev–Trinajstić information content (AvgIpc) is 2.53. The zero-order chi connectivity index (χ0) is 17.0. The zero-order valence-corrected chi connectivity index (χ0v) is 15.1. The minimum absolute atomic E-state index is 0.180. The van der Waals surface area contributed by atoms with Crippen LogP contribution in [-0.4, -0.2) is 41.6 Å². The Bertz CT molecular complexity index is 572. The van der Waals surface area contributed by atoms with Crippen molar-refractivity contribution >= 4 is 27.9 Å². The first-order valence-electron chi connectivity index (χ1n) is 7.81. The lowest BCUT2D eigenvalue weighted by Gasteiger charge is -2.32. The monoisotopic (exact) mass is 382 g/mol. The molecule has 23 heavy (non-hydrogen) atoms. The molecule has 2 rings (SSSR count). The van der Waals surface area contributed by atoms with E-state index >= 15 is 0 Å². The van der Waals surface area contributed by atoms with Crippen LogP contribution in [0, 0.1) is 5.92 Å². The first-order valence-corrected chi connectivity index (χ1v) is 8.60. The Morgan fingerprint density at radius 2 is 2.00 bits per heavy atom. The van der Waals surface area contributed by atoms with Crippen molar-refractivity contribution in [2.24, 2.45) is 5.92 Å². The molecule has 0 aliphatic carbocycles. The molecule has 5 nitrogen and oxygen atoms in total. The number of nitrogens with one attached hydrogen (secondary N) is 1. The van der Waals surface area contributed by atoms with Crippen LogP contribution in [0.4, 0.5) is 4.79 Å². The van der Waals surface area contributed by atoms with Crippen LogP contribution >= 0.6 is 15.9 Å². The van der Waals surface area contributed by atoms with Crippen molar-refractivity contribution in [2.75, 3.05) is 19.6 Å². The van der Waals surface area contributed by atoms with E-state index in [-0.39, 0.29) is 11.4 Å². The predicted molar refractivity (Wildman–Crippen MR) is 92.5 cm³/mol. The minimum atomic E-state index is -0.822. The van der Waals surface area contributed by atoms with Crippen molar-refractivity contribution in [3.8, 4) is 0 Å². The number of piperidine rings is 1. The van der Waals surface area contributed by atoms with Gasteiger partial charge in [-0.2, -0.15) is 0 Å². The molecule has 6 heteroatoms. The number of urea groups is 1. The van der Waals surface area contributed by atoms with Gasteiger partial charge in [-0.25, -0.2) is 4.79 Å². The smallest absolute Gasteiger partial charge is 0.317 e. The third kappa shape index (κ3) is 4.70. The number of benzene rings is 1. The number of hydrogen-bond acceptors (Lipinski definition) is 2. The highest BCUT2D eigenvalue weighted by Gasteiger charge is 2.29. The summed E-state index contributed by atoms with van der Waals surface area (Å²) in [5, 5.41) is 12.1. The molecule has 1 aromatic carbocycles. The van der Waals surface area contributed by atoms with Crippen LogP contribution in [0.2, 0.25) is 0 Å². The summed E-state index contributed by atoms with van der Waals surface area (Å²) in [6.07, 6.45) is 1.38. The molecule has 1 aliphatic rings. The number of nitrogens with zero attached hydrogens (tertiary/aromatic N) is 1. The summed E-state index contributed by atoms with van der Waals surface area (Å²) >= 11 is 3.42. The average molecular weight is 383 g/mol. The molecule has 2 amide bonds. The second-order valence-electron chi connectivity index (χ2n) is 6.67. The van der Waals surface area contributed by atoms with Crippen LogP contribution in [0.25, 0.3) is 0 Å². The van der Waals surface area contributed by atoms with Gasteiger partial charge in [-0.1, -0.05) is 41.9 Å². The number of carbonyl (C=O) groups is 2. The van der Waals surface area contributed by atoms with Gasteiger partial charge in [-0.3, -0.25) is 4.79 Å². The maximum Gasteiger partial charge on any atom is 0.317 e. The van der Waals surface area contributed by atoms with Gasteiger partial charge in [-0.15, -0.1) is 0 Å². The Morgan fingerprint density at radius 3 is 2.61 bits per heavy atom. The first-order chi connectivity index (χ1) is 10.8. The molecule has 0 radical (unpaired) electrons. The van der Waals surface area contributed by atoms with Crippen molar-refractivity contribution in [1.29, 1.82) is 0 Å². The predicted octanol–water partition coefficient (Wildman–Crippen LogP) is 3.23. The van der Waals surface area contributed by atoms with Gasteiger partial charge in [0.05, 0.1) is 5.92 Å². The molecule has 0 aromatic heterocycles. The molecule has 0 spiro atoms. The largest absolute Gasteiger partial charge is 0.481 e. The summed E-state index contributed by atoms with van der Waals surface area (Å²) in [5.41, 5.74) is 0.946. The molecule has 1 fully saturated rings. The fourth-order valence-corrected chi connectivity index (χ4v) is 3.04. The summed E-state index contributed by atoms with van der Waals surface area (Å²) < 4.78 is 1.02. The zero-order valence-electron chi connectivity index (χ0n) is 13.5. The standard InChI is InChI=1S/C17H23BrN2O3/c1-17(2,13-5-7-14(18)8-6-13)11-19-16(23)20-9-3-4-12(10-20)15(21)22/h5-8,12H,3-4,9-11H2,1-2H3,(H,19,23)(H,21,22). The van der Waals surface area contributed by atoms with Gasteiger partial charge in [0.2, 0.25) is 0 Å². The Hall–Kier alpha value is -1.56. The highest BCUT2D eigenvalue weighted by Crippen LogP contribution is 2.24. The molecule has 1 aromatic rings. The van der Waals surface area contributed by atoms with Crippen LogP contribution in [0.3, 0.4) is 0 Å². The Balaban J connectivity index is 1.92. The second kappa shape index (κ2) is 7.34. The first kappa shape index (κ1) is 17.8. The van der Waals surface area contributed by atoms with Crippen molar-refractivity contribution < 1.29 is 14.7 Å². The molecule has 1 unspecified atom stereocenters. The number of likely N-dealkylation sites (tertiary alicyclic amines) is 1. The maximum absolute atomic E-state index is 12.3. The van der Waals surface area contributed by atoms with E-state index in [9.17, 15) is 9.59 Å². The van der Waals surface area contributed by atoms with Crippen LogP contribution in [0.1, 0.15) is 32.3 Å². The summed E-state index contributed by atoms with van der Waals surface area (Å²) in [7, 11) is 0. The molecular weight excluding hydrogens is 360 g/mol. The molecule has 1 aliphatic heterocycles. The summed E-state index contributed by atoms with van der Waals surface area (Å²) in [4.78, 5) is 25.0. The summed E-state index contributed by atoms with van der Waals surface area (Å²) in [6.45, 7) is 5.56. The number of carboxylic acids is 1. The van der Waals surface area contributed by atoms with Crippen LogP contribution in [0.15, 0.2) is 28.7 Å². The van der Waals surface area contributed by atoms with Gasteiger partial charge in [-0.05, 0) is 30.5 Å². The summed E-state index contributed by atoms with van der Waals surface area (Å²) in [5.74, 6) is -1.27. The van der Waals surface area contributed by atoms with Crippen molar-refractivity contribution in [1.82, 2.24) is 10.2 Å². The van der Waals surface area contributed by atoms with Gasteiger partial charge in [0.1, 0.15) is 0 Å². The van der Waals surface area contributed by atoms with Gasteiger partial charge in [0.25, 0.3) is 0 Å². The lowest BCUT2D eigenvalue weighted by Crippen LogP contribution is -2.49. The van der Waals surface area contributed by atoms with E-state index in [1.54, 1.807) is 4.90 Å². The van der Waals surface area contributed by atoms with E-state index < -0.39 is 11.9 Å². The number of rotatable bonds is 4. The van der Waals surface area contributed by atoms with Gasteiger partial charge in [0.15, 0.2) is 0 Å². The second-order valence-corrected chi connectivity index (χ2v) is 7.59. The van der Waals surface area contributed by atoms with Crippen molar-refractivity contribution in [2.45, 2.75) is 32.1 Å². The number of halogens is 1. The Labute approximate surface area is 145 Å². The number of carbonyl (C=O) groups excluding carboxylic acids is 1. The molecular formula is C17H23BrN2O3. The Kier molecular flexibility index (Phi) is 5.68. The van der Waals surface area contributed by atoms with Crippen LogP contribution in [0.5, 0.6) is 0 Å².